The molecule has 7 heteroatoms. The van der Waals surface area contributed by atoms with Crippen molar-refractivity contribution in [1.29, 1.82) is 0 Å². The second kappa shape index (κ2) is 7.45. The number of rotatable bonds is 3. The Morgan fingerprint density at radius 1 is 1.31 bits per heavy atom. The fourth-order valence-electron chi connectivity index (χ4n) is 3.17. The zero-order chi connectivity index (χ0) is 18.7. The minimum Gasteiger partial charge on any atom is -0.444 e. The predicted molar refractivity (Wildman–Crippen MR) is 98.4 cm³/mol. The van der Waals surface area contributed by atoms with Crippen molar-refractivity contribution in [2.75, 3.05) is 19.6 Å². The molecule has 1 amide bonds. The fourth-order valence-corrected chi connectivity index (χ4v) is 3.17. The Kier molecular flexibility index (Phi) is 5.27. The lowest BCUT2D eigenvalue weighted by atomic mass is 10.1. The Labute approximate surface area is 154 Å². The molecule has 0 N–H and O–H groups in total. The van der Waals surface area contributed by atoms with Crippen LogP contribution in [0.2, 0.25) is 0 Å². The van der Waals surface area contributed by atoms with E-state index in [9.17, 15) is 4.79 Å². The van der Waals surface area contributed by atoms with Crippen LogP contribution in [0.4, 0.5) is 4.79 Å². The van der Waals surface area contributed by atoms with Crippen molar-refractivity contribution in [3.05, 3.63) is 48.3 Å². The highest BCUT2D eigenvalue weighted by molar-refractivity contribution is 5.68. The van der Waals surface area contributed by atoms with Gasteiger partial charge in [-0.2, -0.15) is 0 Å². The smallest absolute Gasteiger partial charge is 0.410 e. The summed E-state index contributed by atoms with van der Waals surface area (Å²) in [5, 5.41) is 0. The van der Waals surface area contributed by atoms with Crippen molar-refractivity contribution >= 4 is 6.09 Å². The summed E-state index contributed by atoms with van der Waals surface area (Å²) in [5.41, 5.74) is 0.653. The lowest BCUT2D eigenvalue weighted by molar-refractivity contribution is 0.000559. The summed E-state index contributed by atoms with van der Waals surface area (Å²) in [6, 6.07) is 4.03. The van der Waals surface area contributed by atoms with Gasteiger partial charge in [-0.25, -0.2) is 9.78 Å². The predicted octanol–water partition coefficient (Wildman–Crippen LogP) is 2.61. The minimum atomic E-state index is -0.497. The largest absolute Gasteiger partial charge is 0.444 e. The molecule has 3 heterocycles. The number of nitrogens with zero attached hydrogens (tertiary/aromatic N) is 5. The molecule has 0 saturated carbocycles. The molecular formula is C19H27N5O2. The van der Waals surface area contributed by atoms with E-state index in [0.717, 1.165) is 24.5 Å². The first-order chi connectivity index (χ1) is 12.3. The number of hydrogen-bond acceptors (Lipinski definition) is 5. The monoisotopic (exact) mass is 357 g/mol. The van der Waals surface area contributed by atoms with Gasteiger partial charge < -0.3 is 14.2 Å². The minimum absolute atomic E-state index is 0.0106. The van der Waals surface area contributed by atoms with Gasteiger partial charge in [0.2, 0.25) is 0 Å². The van der Waals surface area contributed by atoms with Crippen molar-refractivity contribution in [2.24, 2.45) is 7.05 Å². The van der Waals surface area contributed by atoms with Gasteiger partial charge in [-0.15, -0.1) is 0 Å². The highest BCUT2D eigenvalue weighted by atomic mass is 16.6. The SMILES string of the molecule is Cn1ccnc1[C@@H]1CN(C(=O)OC(C)(C)C)CCN1Cc1cccnc1. The van der Waals surface area contributed by atoms with Crippen LogP contribution in [-0.4, -0.2) is 55.7 Å². The molecule has 26 heavy (non-hydrogen) atoms. The Morgan fingerprint density at radius 3 is 2.73 bits per heavy atom. The number of piperazine rings is 1. The van der Waals surface area contributed by atoms with Crippen LogP contribution >= 0.6 is 0 Å². The summed E-state index contributed by atoms with van der Waals surface area (Å²) in [4.78, 5) is 25.4. The van der Waals surface area contributed by atoms with Gasteiger partial charge in [0.15, 0.2) is 0 Å². The molecule has 3 rings (SSSR count). The number of pyridine rings is 1. The zero-order valence-electron chi connectivity index (χ0n) is 15.9. The Balaban J connectivity index is 1.79. The van der Waals surface area contributed by atoms with Crippen molar-refractivity contribution in [3.8, 4) is 0 Å². The Bertz CT molecular complexity index is 738. The first-order valence-corrected chi connectivity index (χ1v) is 8.91. The van der Waals surface area contributed by atoms with E-state index in [2.05, 4.69) is 20.9 Å². The van der Waals surface area contributed by atoms with Crippen molar-refractivity contribution < 1.29 is 9.53 Å². The van der Waals surface area contributed by atoms with Gasteiger partial charge in [0.1, 0.15) is 11.4 Å². The second-order valence-corrected chi connectivity index (χ2v) is 7.67. The van der Waals surface area contributed by atoms with Crippen LogP contribution in [0, 0.1) is 0 Å². The molecule has 0 unspecified atom stereocenters. The third kappa shape index (κ3) is 4.40. The molecule has 1 saturated heterocycles. The molecule has 140 valence electrons. The molecule has 1 fully saturated rings. The first-order valence-electron chi connectivity index (χ1n) is 8.91. The molecule has 1 aliphatic heterocycles. The van der Waals surface area contributed by atoms with Crippen molar-refractivity contribution in [2.45, 2.75) is 39.0 Å². The van der Waals surface area contributed by atoms with E-state index in [0.29, 0.717) is 13.1 Å². The summed E-state index contributed by atoms with van der Waals surface area (Å²) >= 11 is 0. The number of hydrogen-bond donors (Lipinski definition) is 0. The summed E-state index contributed by atoms with van der Waals surface area (Å²) in [6.07, 6.45) is 7.13. The van der Waals surface area contributed by atoms with Gasteiger partial charge >= 0.3 is 6.09 Å². The Morgan fingerprint density at radius 2 is 2.12 bits per heavy atom. The van der Waals surface area contributed by atoms with Gasteiger partial charge in [-0.05, 0) is 32.4 Å². The first kappa shape index (κ1) is 18.4. The molecule has 7 nitrogen and oxygen atoms in total. The molecule has 1 atom stereocenters. The van der Waals surface area contributed by atoms with Gasteiger partial charge in [0.05, 0.1) is 6.04 Å². The molecule has 2 aromatic heterocycles. The number of amides is 1. The van der Waals surface area contributed by atoms with E-state index in [-0.39, 0.29) is 12.1 Å². The standard InChI is InChI=1S/C19H27N5O2/c1-19(2,3)26-18(25)24-11-10-23(13-15-6-5-7-20-12-15)16(14-24)17-21-8-9-22(17)4/h5-9,12,16H,10-11,13-14H2,1-4H3/t16-/m0/s1. The molecule has 0 radical (unpaired) electrons. The highest BCUT2D eigenvalue weighted by Gasteiger charge is 2.34. The topological polar surface area (TPSA) is 63.5 Å². The molecule has 1 aliphatic rings. The van der Waals surface area contributed by atoms with Gasteiger partial charge in [0.25, 0.3) is 0 Å². The molecule has 2 aromatic rings. The average Bonchev–Trinajstić information content (AvgIpc) is 3.00. The van der Waals surface area contributed by atoms with E-state index in [1.165, 1.54) is 0 Å². The van der Waals surface area contributed by atoms with E-state index in [4.69, 9.17) is 4.74 Å². The quantitative estimate of drug-likeness (QED) is 0.845. The fraction of sp³-hybridized carbons (Fsp3) is 0.526. The number of imidazole rings is 1. The van der Waals surface area contributed by atoms with Crippen LogP contribution < -0.4 is 0 Å². The van der Waals surface area contributed by atoms with Gasteiger partial charge in [-0.1, -0.05) is 6.07 Å². The lowest BCUT2D eigenvalue weighted by Gasteiger charge is -2.41. The van der Waals surface area contributed by atoms with Gasteiger partial charge in [-0.3, -0.25) is 9.88 Å². The van der Waals surface area contributed by atoms with Crippen LogP contribution in [-0.2, 0) is 18.3 Å². The summed E-state index contributed by atoms with van der Waals surface area (Å²) in [6.45, 7) is 8.38. The van der Waals surface area contributed by atoms with Crippen LogP contribution in [0.5, 0.6) is 0 Å². The van der Waals surface area contributed by atoms with E-state index in [1.54, 1.807) is 17.3 Å². The number of aromatic nitrogens is 3. The summed E-state index contributed by atoms with van der Waals surface area (Å²) in [5.74, 6) is 0.946. The normalized spacial score (nSPS) is 18.8. The number of carbonyl (C=O) groups excluding carboxylic acids is 1. The molecule has 0 bridgehead atoms. The van der Waals surface area contributed by atoms with Crippen molar-refractivity contribution in [3.63, 3.8) is 0 Å². The third-order valence-electron chi connectivity index (χ3n) is 4.41. The number of aryl methyl sites for hydroxylation is 1. The second-order valence-electron chi connectivity index (χ2n) is 7.67. The zero-order valence-corrected chi connectivity index (χ0v) is 15.9. The van der Waals surface area contributed by atoms with E-state index in [1.807, 2.05) is 50.8 Å². The summed E-state index contributed by atoms with van der Waals surface area (Å²) < 4.78 is 7.57. The van der Waals surface area contributed by atoms with E-state index < -0.39 is 5.60 Å². The van der Waals surface area contributed by atoms with Gasteiger partial charge in [0, 0.05) is 58.0 Å². The maximum absolute atomic E-state index is 12.5. The summed E-state index contributed by atoms with van der Waals surface area (Å²) in [7, 11) is 1.98. The number of ether oxygens (including phenoxy) is 1. The van der Waals surface area contributed by atoms with Crippen LogP contribution in [0.3, 0.4) is 0 Å². The maximum Gasteiger partial charge on any atom is 0.410 e. The third-order valence-corrected chi connectivity index (χ3v) is 4.41. The van der Waals surface area contributed by atoms with Crippen LogP contribution in [0.15, 0.2) is 36.9 Å². The maximum atomic E-state index is 12.5. The lowest BCUT2D eigenvalue weighted by Crippen LogP contribution is -2.51. The van der Waals surface area contributed by atoms with Crippen LogP contribution in [0.25, 0.3) is 0 Å². The molecular weight excluding hydrogens is 330 g/mol. The molecule has 0 aliphatic carbocycles. The highest BCUT2D eigenvalue weighted by Crippen LogP contribution is 2.26. The molecule has 0 spiro atoms. The number of carbonyl (C=O) groups is 1. The molecule has 0 aromatic carbocycles. The van der Waals surface area contributed by atoms with E-state index >= 15 is 0 Å². The Hall–Kier alpha value is -2.41. The average molecular weight is 357 g/mol. The van der Waals surface area contributed by atoms with Crippen LogP contribution in [0.1, 0.15) is 38.2 Å². The van der Waals surface area contributed by atoms with Crippen molar-refractivity contribution in [1.82, 2.24) is 24.3 Å².